The lowest BCUT2D eigenvalue weighted by Gasteiger charge is -2.02. The standard InChI is InChI=1S/C14H17N3O2/c1-2-3-11-4-7-13(8-5-11)17-10-12(15-16-17)6-9-14(18)19/h4-5,7-8,10H,2-3,6,9H2,1H3,(H,18,19). The van der Waals surface area contributed by atoms with Gasteiger partial charge in [0.1, 0.15) is 0 Å². The quantitative estimate of drug-likeness (QED) is 0.863. The number of hydrogen-bond donors (Lipinski definition) is 1. The number of aromatic nitrogens is 3. The van der Waals surface area contributed by atoms with Gasteiger partial charge in [-0.05, 0) is 24.1 Å². The molecule has 0 aliphatic carbocycles. The minimum absolute atomic E-state index is 0.0775. The molecular weight excluding hydrogens is 242 g/mol. The molecule has 0 amide bonds. The van der Waals surface area contributed by atoms with E-state index in [1.807, 2.05) is 12.1 Å². The number of rotatable bonds is 6. The van der Waals surface area contributed by atoms with Gasteiger partial charge in [-0.1, -0.05) is 30.7 Å². The van der Waals surface area contributed by atoms with Crippen molar-refractivity contribution in [2.24, 2.45) is 0 Å². The molecule has 0 spiro atoms. The summed E-state index contributed by atoms with van der Waals surface area (Å²) in [5.74, 6) is -0.821. The number of carboxylic acids is 1. The smallest absolute Gasteiger partial charge is 0.303 e. The molecule has 0 saturated heterocycles. The minimum atomic E-state index is -0.821. The van der Waals surface area contributed by atoms with E-state index in [2.05, 4.69) is 29.4 Å². The highest BCUT2D eigenvalue weighted by atomic mass is 16.4. The summed E-state index contributed by atoms with van der Waals surface area (Å²) in [6.45, 7) is 2.15. The second-order valence-electron chi connectivity index (χ2n) is 4.46. The van der Waals surface area contributed by atoms with Crippen LogP contribution in [-0.4, -0.2) is 26.1 Å². The van der Waals surface area contributed by atoms with Gasteiger partial charge in [-0.3, -0.25) is 4.79 Å². The average molecular weight is 259 g/mol. The van der Waals surface area contributed by atoms with Gasteiger partial charge in [0.25, 0.3) is 0 Å². The van der Waals surface area contributed by atoms with Crippen LogP contribution in [0.2, 0.25) is 0 Å². The molecule has 0 saturated carbocycles. The minimum Gasteiger partial charge on any atom is -0.481 e. The third-order valence-electron chi connectivity index (χ3n) is 2.88. The Labute approximate surface area is 111 Å². The normalized spacial score (nSPS) is 10.6. The van der Waals surface area contributed by atoms with E-state index in [-0.39, 0.29) is 6.42 Å². The van der Waals surface area contributed by atoms with E-state index in [9.17, 15) is 4.79 Å². The zero-order valence-corrected chi connectivity index (χ0v) is 10.9. The molecule has 1 aromatic carbocycles. The Bertz CT molecular complexity index is 546. The number of aliphatic carboxylic acids is 1. The number of nitrogens with zero attached hydrogens (tertiary/aromatic N) is 3. The lowest BCUT2D eigenvalue weighted by atomic mass is 10.1. The molecule has 5 heteroatoms. The zero-order valence-electron chi connectivity index (χ0n) is 10.9. The van der Waals surface area contributed by atoms with Crippen molar-refractivity contribution in [2.45, 2.75) is 32.6 Å². The fourth-order valence-electron chi connectivity index (χ4n) is 1.88. The third-order valence-corrected chi connectivity index (χ3v) is 2.88. The molecule has 0 radical (unpaired) electrons. The summed E-state index contributed by atoms with van der Waals surface area (Å²) in [6, 6.07) is 8.16. The molecule has 0 bridgehead atoms. The van der Waals surface area contributed by atoms with E-state index in [4.69, 9.17) is 5.11 Å². The molecule has 1 heterocycles. The Morgan fingerprint density at radius 1 is 1.26 bits per heavy atom. The first-order valence-corrected chi connectivity index (χ1v) is 6.41. The number of hydrogen-bond acceptors (Lipinski definition) is 3. The van der Waals surface area contributed by atoms with Gasteiger partial charge in [0.15, 0.2) is 0 Å². The Morgan fingerprint density at radius 3 is 2.63 bits per heavy atom. The molecule has 5 nitrogen and oxygen atoms in total. The van der Waals surface area contributed by atoms with Crippen LogP contribution in [0.5, 0.6) is 0 Å². The van der Waals surface area contributed by atoms with Crippen LogP contribution in [0.4, 0.5) is 0 Å². The van der Waals surface area contributed by atoms with Crippen LogP contribution < -0.4 is 0 Å². The van der Waals surface area contributed by atoms with Crippen molar-refractivity contribution in [3.8, 4) is 5.69 Å². The molecule has 0 unspecified atom stereocenters. The van der Waals surface area contributed by atoms with Gasteiger partial charge in [-0.2, -0.15) is 0 Å². The van der Waals surface area contributed by atoms with Crippen LogP contribution in [0.25, 0.3) is 5.69 Å². The van der Waals surface area contributed by atoms with Crippen molar-refractivity contribution < 1.29 is 9.90 Å². The van der Waals surface area contributed by atoms with Crippen molar-refractivity contribution in [1.82, 2.24) is 15.0 Å². The molecule has 1 aromatic heterocycles. The number of benzene rings is 1. The highest BCUT2D eigenvalue weighted by Gasteiger charge is 2.05. The van der Waals surface area contributed by atoms with E-state index in [0.29, 0.717) is 12.1 Å². The molecule has 0 aliphatic rings. The van der Waals surface area contributed by atoms with Gasteiger partial charge in [0.2, 0.25) is 0 Å². The first kappa shape index (κ1) is 13.3. The fourth-order valence-corrected chi connectivity index (χ4v) is 1.88. The molecule has 0 fully saturated rings. The maximum Gasteiger partial charge on any atom is 0.303 e. The van der Waals surface area contributed by atoms with E-state index in [0.717, 1.165) is 18.5 Å². The Morgan fingerprint density at radius 2 is 2.00 bits per heavy atom. The maximum atomic E-state index is 10.5. The van der Waals surface area contributed by atoms with Gasteiger partial charge in [-0.25, -0.2) is 4.68 Å². The molecular formula is C14H17N3O2. The maximum absolute atomic E-state index is 10.5. The Balaban J connectivity index is 2.07. The largest absolute Gasteiger partial charge is 0.481 e. The van der Waals surface area contributed by atoms with Gasteiger partial charge < -0.3 is 5.11 Å². The number of carbonyl (C=O) groups is 1. The summed E-state index contributed by atoms with van der Waals surface area (Å²) in [6.07, 6.45) is 4.46. The Kier molecular flexibility index (Phi) is 4.28. The third kappa shape index (κ3) is 3.64. The summed E-state index contributed by atoms with van der Waals surface area (Å²) in [4.78, 5) is 10.5. The van der Waals surface area contributed by atoms with E-state index in [1.54, 1.807) is 10.9 Å². The van der Waals surface area contributed by atoms with E-state index in [1.165, 1.54) is 5.56 Å². The molecule has 2 aromatic rings. The molecule has 0 atom stereocenters. The number of carboxylic acid groups (broad SMARTS) is 1. The average Bonchev–Trinajstić information content (AvgIpc) is 2.86. The first-order chi connectivity index (χ1) is 9.19. The van der Waals surface area contributed by atoms with E-state index < -0.39 is 5.97 Å². The van der Waals surface area contributed by atoms with Crippen molar-refractivity contribution in [2.75, 3.05) is 0 Å². The Hall–Kier alpha value is -2.17. The van der Waals surface area contributed by atoms with Crippen molar-refractivity contribution in [3.05, 3.63) is 41.7 Å². The molecule has 0 aliphatic heterocycles. The topological polar surface area (TPSA) is 68.0 Å². The summed E-state index contributed by atoms with van der Waals surface area (Å²) in [7, 11) is 0. The van der Waals surface area contributed by atoms with Crippen molar-refractivity contribution >= 4 is 5.97 Å². The monoisotopic (exact) mass is 259 g/mol. The molecule has 2 rings (SSSR count). The van der Waals surface area contributed by atoms with Crippen molar-refractivity contribution in [3.63, 3.8) is 0 Å². The second-order valence-corrected chi connectivity index (χ2v) is 4.46. The van der Waals surface area contributed by atoms with Gasteiger partial charge >= 0.3 is 5.97 Å². The van der Waals surface area contributed by atoms with Crippen LogP contribution in [0.15, 0.2) is 30.5 Å². The van der Waals surface area contributed by atoms with Crippen LogP contribution in [0.1, 0.15) is 31.0 Å². The van der Waals surface area contributed by atoms with Crippen LogP contribution in [0, 0.1) is 0 Å². The summed E-state index contributed by atoms with van der Waals surface area (Å²) >= 11 is 0. The van der Waals surface area contributed by atoms with Gasteiger partial charge in [0.05, 0.1) is 24.0 Å². The second kappa shape index (κ2) is 6.13. The highest BCUT2D eigenvalue weighted by molar-refractivity contribution is 5.66. The van der Waals surface area contributed by atoms with E-state index >= 15 is 0 Å². The lowest BCUT2D eigenvalue weighted by Crippen LogP contribution is -1.97. The SMILES string of the molecule is CCCc1ccc(-n2cc(CCC(=O)O)nn2)cc1. The molecule has 1 N–H and O–H groups in total. The predicted molar refractivity (Wildman–Crippen MR) is 71.3 cm³/mol. The summed E-state index contributed by atoms with van der Waals surface area (Å²) in [5, 5.41) is 16.6. The van der Waals surface area contributed by atoms with Crippen LogP contribution in [-0.2, 0) is 17.6 Å². The fraction of sp³-hybridized carbons (Fsp3) is 0.357. The predicted octanol–water partition coefficient (Wildman–Crippen LogP) is 2.24. The van der Waals surface area contributed by atoms with Gasteiger partial charge in [-0.15, -0.1) is 5.10 Å². The zero-order chi connectivity index (χ0) is 13.7. The van der Waals surface area contributed by atoms with Crippen LogP contribution in [0.3, 0.4) is 0 Å². The molecule has 19 heavy (non-hydrogen) atoms. The first-order valence-electron chi connectivity index (χ1n) is 6.41. The summed E-state index contributed by atoms with van der Waals surface area (Å²) < 4.78 is 1.67. The highest BCUT2D eigenvalue weighted by Crippen LogP contribution is 2.11. The van der Waals surface area contributed by atoms with Gasteiger partial charge in [0, 0.05) is 6.42 Å². The molecule has 100 valence electrons. The van der Waals surface area contributed by atoms with Crippen LogP contribution >= 0.6 is 0 Å². The summed E-state index contributed by atoms with van der Waals surface area (Å²) in [5.41, 5.74) is 2.94. The number of aryl methyl sites for hydroxylation is 2. The van der Waals surface area contributed by atoms with Crippen molar-refractivity contribution in [1.29, 1.82) is 0 Å². The lowest BCUT2D eigenvalue weighted by molar-refractivity contribution is -0.136.